The van der Waals surface area contributed by atoms with E-state index in [9.17, 15) is 4.79 Å². The summed E-state index contributed by atoms with van der Waals surface area (Å²) in [7, 11) is 0. The van der Waals surface area contributed by atoms with Gasteiger partial charge in [-0.05, 0) is 36.5 Å². The predicted molar refractivity (Wildman–Crippen MR) is 84.6 cm³/mol. The molecule has 2 atom stereocenters. The van der Waals surface area contributed by atoms with E-state index in [1.807, 2.05) is 23.4 Å². The minimum absolute atomic E-state index is 0.309. The Hall–Kier alpha value is -1.58. The van der Waals surface area contributed by atoms with E-state index in [2.05, 4.69) is 25.8 Å². The molecule has 0 aliphatic carbocycles. The molecule has 1 aromatic heterocycles. The molecule has 4 nitrogen and oxygen atoms in total. The van der Waals surface area contributed by atoms with Crippen LogP contribution in [-0.2, 0) is 12.1 Å². The van der Waals surface area contributed by atoms with Gasteiger partial charge in [0.25, 0.3) is 0 Å². The summed E-state index contributed by atoms with van der Waals surface area (Å²) >= 11 is 0. The average molecular weight is 289 g/mol. The average Bonchev–Trinajstić information content (AvgIpc) is 2.79. The number of unbranched alkanes of at least 4 members (excludes halogenated alkanes) is 3. The molecule has 2 heterocycles. The van der Waals surface area contributed by atoms with Gasteiger partial charge in [-0.3, -0.25) is 4.98 Å². The van der Waals surface area contributed by atoms with E-state index in [-0.39, 0.29) is 11.6 Å². The lowest BCUT2D eigenvalue weighted by atomic mass is 9.78. The second-order valence-corrected chi connectivity index (χ2v) is 6.36. The van der Waals surface area contributed by atoms with E-state index in [1.165, 1.54) is 31.2 Å². The number of hydrogen-bond acceptors (Lipinski definition) is 2. The highest BCUT2D eigenvalue weighted by atomic mass is 16.2. The maximum Gasteiger partial charge on any atom is 0.315 e. The van der Waals surface area contributed by atoms with Gasteiger partial charge < -0.3 is 10.6 Å². The van der Waals surface area contributed by atoms with Crippen LogP contribution in [0.1, 0.15) is 64.0 Å². The van der Waals surface area contributed by atoms with Gasteiger partial charge in [0.1, 0.15) is 0 Å². The lowest BCUT2D eigenvalue weighted by Gasteiger charge is -2.40. The number of carbonyl (C=O) groups excluding carboxylic acids is 1. The van der Waals surface area contributed by atoms with Crippen LogP contribution in [0.25, 0.3) is 0 Å². The molecule has 2 amide bonds. The molecular formula is C17H27N3O. The van der Waals surface area contributed by atoms with Crippen LogP contribution in [0.15, 0.2) is 18.5 Å². The van der Waals surface area contributed by atoms with Crippen molar-refractivity contribution in [2.75, 3.05) is 0 Å². The van der Waals surface area contributed by atoms with Gasteiger partial charge >= 0.3 is 6.03 Å². The van der Waals surface area contributed by atoms with Crippen molar-refractivity contribution in [2.45, 2.75) is 65.0 Å². The Kier molecular flexibility index (Phi) is 4.86. The van der Waals surface area contributed by atoms with Crippen LogP contribution < -0.4 is 5.73 Å². The summed E-state index contributed by atoms with van der Waals surface area (Å²) in [6.45, 7) is 7.18. The number of nitrogens with zero attached hydrogens (tertiary/aromatic N) is 2. The number of rotatable bonds is 6. The molecule has 1 aliphatic rings. The number of urea groups is 1. The normalized spacial score (nSPS) is 22.1. The van der Waals surface area contributed by atoms with Gasteiger partial charge in [-0.2, -0.15) is 0 Å². The summed E-state index contributed by atoms with van der Waals surface area (Å²) in [4.78, 5) is 17.9. The summed E-state index contributed by atoms with van der Waals surface area (Å²) < 4.78 is 0. The summed E-state index contributed by atoms with van der Waals surface area (Å²) in [6, 6.07) is 1.70. The molecule has 0 aromatic carbocycles. The third-order valence-electron chi connectivity index (χ3n) is 5.05. The molecule has 21 heavy (non-hydrogen) atoms. The van der Waals surface area contributed by atoms with Crippen LogP contribution >= 0.6 is 0 Å². The zero-order chi connectivity index (χ0) is 15.5. The fraction of sp³-hybridized carbons (Fsp3) is 0.647. The van der Waals surface area contributed by atoms with Gasteiger partial charge in [0.05, 0.1) is 12.1 Å². The van der Waals surface area contributed by atoms with Gasteiger partial charge in [-0.1, -0.05) is 39.5 Å². The van der Waals surface area contributed by atoms with Crippen molar-refractivity contribution in [3.8, 4) is 0 Å². The SMILES string of the molecule is CCCCCCC(C)C1(C)c2ccncc2CN1C(N)=O. The zero-order valence-corrected chi connectivity index (χ0v) is 13.4. The first kappa shape index (κ1) is 15.8. The van der Waals surface area contributed by atoms with Gasteiger partial charge in [-0.25, -0.2) is 4.79 Å². The summed E-state index contributed by atoms with van der Waals surface area (Å²) in [5.41, 5.74) is 7.66. The molecule has 1 aliphatic heterocycles. The summed E-state index contributed by atoms with van der Waals surface area (Å²) in [6.07, 6.45) is 9.78. The standard InChI is InChI=1S/C17H27N3O/c1-4-5-6-7-8-13(2)17(3)15-9-10-19-11-14(15)12-20(17)16(18)21/h9-11,13H,4-8,12H2,1-3H3,(H2,18,21). The molecule has 2 rings (SSSR count). The van der Waals surface area contributed by atoms with Crippen LogP contribution in [-0.4, -0.2) is 15.9 Å². The lowest BCUT2D eigenvalue weighted by Crippen LogP contribution is -2.49. The highest BCUT2D eigenvalue weighted by molar-refractivity contribution is 5.74. The number of carbonyl (C=O) groups is 1. The largest absolute Gasteiger partial charge is 0.351 e. The molecule has 0 saturated carbocycles. The van der Waals surface area contributed by atoms with Crippen molar-refractivity contribution < 1.29 is 4.79 Å². The Morgan fingerprint density at radius 2 is 2.24 bits per heavy atom. The molecule has 116 valence electrons. The van der Waals surface area contributed by atoms with Crippen LogP contribution in [0, 0.1) is 5.92 Å². The molecular weight excluding hydrogens is 262 g/mol. The van der Waals surface area contributed by atoms with E-state index >= 15 is 0 Å². The van der Waals surface area contributed by atoms with Crippen LogP contribution in [0.3, 0.4) is 0 Å². The minimum Gasteiger partial charge on any atom is -0.351 e. The van der Waals surface area contributed by atoms with Crippen molar-refractivity contribution in [1.82, 2.24) is 9.88 Å². The van der Waals surface area contributed by atoms with Crippen molar-refractivity contribution >= 4 is 6.03 Å². The third-order valence-corrected chi connectivity index (χ3v) is 5.05. The number of nitrogens with two attached hydrogens (primary N) is 1. The first-order chi connectivity index (χ1) is 10.0. The van der Waals surface area contributed by atoms with E-state index in [0.717, 1.165) is 12.0 Å². The second-order valence-electron chi connectivity index (χ2n) is 6.36. The van der Waals surface area contributed by atoms with Crippen LogP contribution in [0.5, 0.6) is 0 Å². The quantitative estimate of drug-likeness (QED) is 0.810. The Bertz CT molecular complexity index is 503. The molecule has 0 radical (unpaired) electrons. The van der Waals surface area contributed by atoms with Gasteiger partial charge in [0.2, 0.25) is 0 Å². The monoisotopic (exact) mass is 289 g/mol. The number of amides is 2. The molecule has 0 bridgehead atoms. The van der Waals surface area contributed by atoms with Crippen LogP contribution in [0.2, 0.25) is 0 Å². The molecule has 2 unspecified atom stereocenters. The van der Waals surface area contributed by atoms with E-state index in [0.29, 0.717) is 12.5 Å². The summed E-state index contributed by atoms with van der Waals surface area (Å²) in [5, 5.41) is 0. The van der Waals surface area contributed by atoms with Crippen molar-refractivity contribution in [1.29, 1.82) is 0 Å². The highest BCUT2D eigenvalue weighted by Crippen LogP contribution is 2.45. The molecule has 0 saturated heterocycles. The number of hydrogen-bond donors (Lipinski definition) is 1. The minimum atomic E-state index is -0.339. The van der Waals surface area contributed by atoms with Crippen LogP contribution in [0.4, 0.5) is 4.79 Å². The first-order valence-corrected chi connectivity index (χ1v) is 8.02. The maximum absolute atomic E-state index is 11.9. The molecule has 4 heteroatoms. The Labute approximate surface area is 127 Å². The Balaban J connectivity index is 2.21. The van der Waals surface area contributed by atoms with Gasteiger partial charge in [0.15, 0.2) is 0 Å². The first-order valence-electron chi connectivity index (χ1n) is 8.02. The van der Waals surface area contributed by atoms with Gasteiger partial charge in [0, 0.05) is 12.4 Å². The maximum atomic E-state index is 11.9. The number of primary amides is 1. The fourth-order valence-corrected chi connectivity index (χ4v) is 3.52. The van der Waals surface area contributed by atoms with E-state index in [1.54, 1.807) is 0 Å². The number of pyridine rings is 1. The molecule has 1 aromatic rings. The third kappa shape index (κ3) is 2.89. The Morgan fingerprint density at radius 3 is 2.90 bits per heavy atom. The van der Waals surface area contributed by atoms with E-state index < -0.39 is 0 Å². The lowest BCUT2D eigenvalue weighted by molar-refractivity contribution is 0.0920. The zero-order valence-electron chi connectivity index (χ0n) is 13.4. The van der Waals surface area contributed by atoms with Crippen molar-refractivity contribution in [3.63, 3.8) is 0 Å². The van der Waals surface area contributed by atoms with Crippen molar-refractivity contribution in [3.05, 3.63) is 29.6 Å². The molecule has 0 spiro atoms. The fourth-order valence-electron chi connectivity index (χ4n) is 3.52. The topological polar surface area (TPSA) is 59.2 Å². The second kappa shape index (κ2) is 6.46. The highest BCUT2D eigenvalue weighted by Gasteiger charge is 2.46. The molecule has 2 N–H and O–H groups in total. The van der Waals surface area contributed by atoms with E-state index in [4.69, 9.17) is 5.73 Å². The molecule has 0 fully saturated rings. The number of fused-ring (bicyclic) bond motifs is 1. The Morgan fingerprint density at radius 1 is 1.48 bits per heavy atom. The smallest absolute Gasteiger partial charge is 0.315 e. The summed E-state index contributed by atoms with van der Waals surface area (Å²) in [5.74, 6) is 0.380. The predicted octanol–water partition coefficient (Wildman–Crippen LogP) is 3.80. The number of aromatic nitrogens is 1. The van der Waals surface area contributed by atoms with Crippen molar-refractivity contribution in [2.24, 2.45) is 11.7 Å². The van der Waals surface area contributed by atoms with Gasteiger partial charge in [-0.15, -0.1) is 0 Å².